The molecule has 0 radical (unpaired) electrons. The summed E-state index contributed by atoms with van der Waals surface area (Å²) >= 11 is 0. The van der Waals surface area contributed by atoms with Gasteiger partial charge in [0.15, 0.2) is 0 Å². The van der Waals surface area contributed by atoms with Gasteiger partial charge in [-0.15, -0.1) is 0 Å². The van der Waals surface area contributed by atoms with E-state index in [1.807, 2.05) is 0 Å². The lowest BCUT2D eigenvalue weighted by Crippen LogP contribution is -2.14. The number of rotatable bonds is 0. The molecule has 0 rings (SSSR count). The number of nitrogens with zero attached hydrogens (tertiary/aromatic N) is 3. The molecule has 0 amide bonds. The molecule has 0 bridgehead atoms. The topological polar surface area (TPSA) is 37.1 Å². The Hall–Kier alpha value is -0.380. The van der Waals surface area contributed by atoms with Crippen LogP contribution >= 0.6 is 0 Å². The Bertz CT molecular complexity index is 308. The molecule has 0 aliphatic carbocycles. The van der Waals surface area contributed by atoms with Gasteiger partial charge in [0, 0.05) is 0 Å². The monoisotopic (exact) mass is 245 g/mol. The lowest BCUT2D eigenvalue weighted by molar-refractivity contribution is 0.572. The second kappa shape index (κ2) is 4.86. The van der Waals surface area contributed by atoms with Crippen molar-refractivity contribution < 1.29 is 0 Å². The molecule has 4 heteroatoms. The Morgan fingerprint density at radius 1 is 0.500 bits per heavy atom. The summed E-state index contributed by atoms with van der Waals surface area (Å²) in [6.45, 7) is 18.8. The highest BCUT2D eigenvalue weighted by Crippen LogP contribution is 2.13. The first-order valence-electron chi connectivity index (χ1n) is 5.72. The maximum absolute atomic E-state index is 4.67. The van der Waals surface area contributed by atoms with E-state index >= 15 is 0 Å². The Kier molecular flexibility index (Phi) is 4.75. The lowest BCUT2D eigenvalue weighted by Gasteiger charge is -2.14. The van der Waals surface area contributed by atoms with Gasteiger partial charge in [-0.3, -0.25) is 0 Å². The summed E-state index contributed by atoms with van der Waals surface area (Å²) in [5.74, 6) is 0. The Balaban J connectivity index is 5.71. The fourth-order valence-corrected chi connectivity index (χ4v) is 2.39. The van der Waals surface area contributed by atoms with Gasteiger partial charge in [0.25, 0.3) is 0 Å². The van der Waals surface area contributed by atoms with Gasteiger partial charge in [-0.1, -0.05) is 0 Å². The SMILES string of the molecule is CC(C)(C)N=S(=NC(C)(C)C)=NC(C)(C)C. The van der Waals surface area contributed by atoms with Crippen molar-refractivity contribution in [3.8, 4) is 0 Å². The van der Waals surface area contributed by atoms with Crippen LogP contribution in [-0.4, -0.2) is 16.6 Å². The molecule has 0 unspecified atom stereocenters. The van der Waals surface area contributed by atoms with Gasteiger partial charge in [-0.05, 0) is 62.3 Å². The first kappa shape index (κ1) is 15.6. The highest BCUT2D eigenvalue weighted by atomic mass is 32.1. The minimum absolute atomic E-state index is 0.0907. The van der Waals surface area contributed by atoms with E-state index in [1.54, 1.807) is 0 Å². The van der Waals surface area contributed by atoms with E-state index in [9.17, 15) is 0 Å². The van der Waals surface area contributed by atoms with E-state index in [1.165, 1.54) is 0 Å². The van der Waals surface area contributed by atoms with Gasteiger partial charge < -0.3 is 0 Å². The van der Waals surface area contributed by atoms with Gasteiger partial charge >= 0.3 is 0 Å². The minimum atomic E-state index is -0.558. The van der Waals surface area contributed by atoms with Crippen LogP contribution in [0, 0.1) is 0 Å². The zero-order valence-electron chi connectivity index (χ0n) is 12.2. The maximum Gasteiger partial charge on any atom is 0.0705 e. The Labute approximate surface area is 103 Å². The fraction of sp³-hybridized carbons (Fsp3) is 1.00. The largest absolute Gasteiger partial charge is 0.202 e. The summed E-state index contributed by atoms with van der Waals surface area (Å²) in [5.41, 5.74) is -0.272. The molecule has 0 atom stereocenters. The van der Waals surface area contributed by atoms with Gasteiger partial charge in [-0.2, -0.15) is 0 Å². The van der Waals surface area contributed by atoms with Crippen molar-refractivity contribution in [2.24, 2.45) is 13.1 Å². The molecular weight excluding hydrogens is 218 g/mol. The third kappa shape index (κ3) is 10.1. The summed E-state index contributed by atoms with van der Waals surface area (Å²) in [5, 5.41) is 0. The maximum atomic E-state index is 4.67. The summed E-state index contributed by atoms with van der Waals surface area (Å²) in [6, 6.07) is 0. The standard InChI is InChI=1S/C12H27N3S/c1-10(2,3)13-16(14-11(4,5)6)15-12(7,8)9/h1-9H3. The number of hydrogen-bond donors (Lipinski definition) is 0. The van der Waals surface area contributed by atoms with Crippen LogP contribution in [0.3, 0.4) is 0 Å². The summed E-state index contributed by atoms with van der Waals surface area (Å²) < 4.78 is 14.0. The molecule has 96 valence electrons. The van der Waals surface area contributed by atoms with Crippen molar-refractivity contribution in [1.29, 1.82) is 0 Å². The van der Waals surface area contributed by atoms with Gasteiger partial charge in [0.05, 0.1) is 26.9 Å². The highest BCUT2D eigenvalue weighted by Gasteiger charge is 2.12. The summed E-state index contributed by atoms with van der Waals surface area (Å²) in [7, 11) is -0.558. The van der Waals surface area contributed by atoms with Gasteiger partial charge in [0.1, 0.15) is 0 Å². The van der Waals surface area contributed by atoms with Crippen LogP contribution in [0.2, 0.25) is 0 Å². The fourth-order valence-electron chi connectivity index (χ4n) is 0.796. The molecule has 0 saturated carbocycles. The van der Waals surface area contributed by atoms with Crippen LogP contribution in [0.4, 0.5) is 0 Å². The summed E-state index contributed by atoms with van der Waals surface area (Å²) in [6.07, 6.45) is 0. The van der Waals surface area contributed by atoms with Crippen molar-refractivity contribution in [3.63, 3.8) is 0 Å². The molecule has 0 aromatic heterocycles. The van der Waals surface area contributed by atoms with Gasteiger partial charge in [-0.25, -0.2) is 13.1 Å². The average molecular weight is 245 g/mol. The van der Waals surface area contributed by atoms with Crippen LogP contribution in [0.25, 0.3) is 0 Å². The van der Waals surface area contributed by atoms with Crippen molar-refractivity contribution in [2.45, 2.75) is 78.9 Å². The molecule has 0 aliphatic rings. The normalized spacial score (nSPS) is 13.3. The molecule has 0 aliphatic heterocycles. The zero-order valence-corrected chi connectivity index (χ0v) is 13.1. The first-order valence-corrected chi connectivity index (χ1v) is 6.81. The summed E-state index contributed by atoms with van der Waals surface area (Å²) in [4.78, 5) is 0. The van der Waals surface area contributed by atoms with Crippen LogP contribution in [0.1, 0.15) is 62.3 Å². The lowest BCUT2D eigenvalue weighted by atomic mass is 10.1. The first-order chi connectivity index (χ1) is 6.79. The zero-order chi connectivity index (χ0) is 13.2. The van der Waals surface area contributed by atoms with Crippen LogP contribution < -0.4 is 0 Å². The second-order valence-corrected chi connectivity index (χ2v) is 8.07. The molecule has 0 aromatic rings. The predicted molar refractivity (Wildman–Crippen MR) is 73.9 cm³/mol. The molecule has 0 saturated heterocycles. The number of hydrogen-bond acceptors (Lipinski definition) is 3. The van der Waals surface area contributed by atoms with E-state index in [-0.39, 0.29) is 16.6 Å². The van der Waals surface area contributed by atoms with Crippen LogP contribution in [0.15, 0.2) is 13.1 Å². The minimum Gasteiger partial charge on any atom is -0.202 e. The Morgan fingerprint density at radius 3 is 0.812 bits per heavy atom. The molecule has 3 nitrogen and oxygen atoms in total. The molecule has 0 spiro atoms. The third-order valence-corrected chi connectivity index (χ3v) is 3.20. The van der Waals surface area contributed by atoms with Crippen molar-refractivity contribution in [2.75, 3.05) is 0 Å². The van der Waals surface area contributed by atoms with E-state index in [0.29, 0.717) is 0 Å². The highest BCUT2D eigenvalue weighted by molar-refractivity contribution is 7.67. The second-order valence-electron chi connectivity index (χ2n) is 7.03. The third-order valence-electron chi connectivity index (χ3n) is 1.07. The van der Waals surface area contributed by atoms with E-state index in [0.717, 1.165) is 0 Å². The molecule has 0 heterocycles. The van der Waals surface area contributed by atoms with Crippen molar-refractivity contribution in [1.82, 2.24) is 0 Å². The molecule has 0 aromatic carbocycles. The van der Waals surface area contributed by atoms with E-state index in [2.05, 4.69) is 75.4 Å². The molecular formula is C12H27N3S. The molecule has 0 N–H and O–H groups in total. The van der Waals surface area contributed by atoms with E-state index < -0.39 is 10.3 Å². The van der Waals surface area contributed by atoms with Crippen LogP contribution in [0.5, 0.6) is 0 Å². The van der Waals surface area contributed by atoms with E-state index in [4.69, 9.17) is 0 Å². The quantitative estimate of drug-likeness (QED) is 0.600. The average Bonchev–Trinajstić information content (AvgIpc) is 1.70. The van der Waals surface area contributed by atoms with Crippen molar-refractivity contribution >= 4 is 10.3 Å². The Morgan fingerprint density at radius 2 is 0.688 bits per heavy atom. The van der Waals surface area contributed by atoms with Crippen molar-refractivity contribution in [3.05, 3.63) is 0 Å². The van der Waals surface area contributed by atoms with Gasteiger partial charge in [0.2, 0.25) is 0 Å². The smallest absolute Gasteiger partial charge is 0.0705 e. The predicted octanol–water partition coefficient (Wildman–Crippen LogP) is 4.55. The van der Waals surface area contributed by atoms with Crippen LogP contribution in [-0.2, 0) is 10.3 Å². The molecule has 16 heavy (non-hydrogen) atoms. The molecule has 0 fully saturated rings.